The van der Waals surface area contributed by atoms with Gasteiger partial charge in [0.15, 0.2) is 0 Å². The van der Waals surface area contributed by atoms with Crippen LogP contribution in [0.1, 0.15) is 34.3 Å². The van der Waals surface area contributed by atoms with Gasteiger partial charge in [0, 0.05) is 37.2 Å². The molecule has 32 heavy (non-hydrogen) atoms. The van der Waals surface area contributed by atoms with Gasteiger partial charge in [-0.2, -0.15) is 15.5 Å². The van der Waals surface area contributed by atoms with Crippen molar-refractivity contribution in [3.63, 3.8) is 0 Å². The van der Waals surface area contributed by atoms with Gasteiger partial charge in [0.2, 0.25) is 5.88 Å². The Morgan fingerprint density at radius 3 is 2.66 bits per heavy atom. The molecule has 0 N–H and O–H groups in total. The van der Waals surface area contributed by atoms with Gasteiger partial charge in [-0.05, 0) is 36.8 Å². The number of carbonyl (C=O) groups is 1. The standard InChI is InChI=1S/C23H19Cl2N5O2/c1-14(32-22-5-2-15(9-26)10-27-22)18-12-30(23(31)17-6-7-28-29-11-17)13-19(18)16-3-4-20(24)21(25)8-16/h2-8,10-11,14,18-19H,12-13H2,1H3/t14-,18?,19+/m0/s1. The molecule has 0 aliphatic carbocycles. The van der Waals surface area contributed by atoms with Gasteiger partial charge in [-0.25, -0.2) is 4.98 Å². The molecular weight excluding hydrogens is 449 g/mol. The van der Waals surface area contributed by atoms with Crippen LogP contribution in [0.15, 0.2) is 55.0 Å². The summed E-state index contributed by atoms with van der Waals surface area (Å²) in [6, 6.07) is 12.6. The van der Waals surface area contributed by atoms with E-state index in [0.29, 0.717) is 40.1 Å². The lowest BCUT2D eigenvalue weighted by atomic mass is 9.86. The summed E-state index contributed by atoms with van der Waals surface area (Å²) < 4.78 is 6.10. The molecule has 0 bridgehead atoms. The van der Waals surface area contributed by atoms with E-state index in [1.807, 2.05) is 25.1 Å². The monoisotopic (exact) mass is 467 g/mol. The molecule has 7 nitrogen and oxygen atoms in total. The minimum absolute atomic E-state index is 0.0168. The molecule has 0 radical (unpaired) electrons. The molecule has 1 aromatic carbocycles. The number of halogens is 2. The molecule has 3 aromatic rings. The smallest absolute Gasteiger partial charge is 0.255 e. The molecule has 1 amide bonds. The van der Waals surface area contributed by atoms with Gasteiger partial charge in [0.25, 0.3) is 5.91 Å². The third-order valence-electron chi connectivity index (χ3n) is 5.63. The maximum Gasteiger partial charge on any atom is 0.255 e. The highest BCUT2D eigenvalue weighted by Crippen LogP contribution is 2.38. The van der Waals surface area contributed by atoms with Crippen molar-refractivity contribution in [3.8, 4) is 11.9 Å². The summed E-state index contributed by atoms with van der Waals surface area (Å²) in [6.07, 6.45) is 4.17. The van der Waals surface area contributed by atoms with Crippen LogP contribution < -0.4 is 4.74 Å². The van der Waals surface area contributed by atoms with Crippen molar-refractivity contribution >= 4 is 29.1 Å². The number of pyridine rings is 1. The maximum absolute atomic E-state index is 13.1. The van der Waals surface area contributed by atoms with E-state index in [9.17, 15) is 4.79 Å². The third kappa shape index (κ3) is 4.67. The van der Waals surface area contributed by atoms with Gasteiger partial charge in [-0.3, -0.25) is 4.79 Å². The molecule has 1 unspecified atom stereocenters. The highest BCUT2D eigenvalue weighted by Gasteiger charge is 2.40. The van der Waals surface area contributed by atoms with Crippen LogP contribution in [-0.2, 0) is 0 Å². The molecule has 9 heteroatoms. The van der Waals surface area contributed by atoms with Gasteiger partial charge in [-0.1, -0.05) is 29.3 Å². The fourth-order valence-corrected chi connectivity index (χ4v) is 4.27. The zero-order valence-electron chi connectivity index (χ0n) is 17.2. The minimum atomic E-state index is -0.261. The molecule has 1 aliphatic rings. The molecule has 2 aromatic heterocycles. The molecule has 0 saturated carbocycles. The Labute approximate surface area is 195 Å². The Morgan fingerprint density at radius 1 is 1.16 bits per heavy atom. The molecule has 1 fully saturated rings. The lowest BCUT2D eigenvalue weighted by Crippen LogP contribution is -2.32. The van der Waals surface area contributed by atoms with E-state index in [2.05, 4.69) is 15.2 Å². The minimum Gasteiger partial charge on any atom is -0.474 e. The highest BCUT2D eigenvalue weighted by atomic mass is 35.5. The number of benzene rings is 1. The van der Waals surface area contributed by atoms with Crippen molar-refractivity contribution in [2.45, 2.75) is 18.9 Å². The van der Waals surface area contributed by atoms with E-state index in [0.717, 1.165) is 5.56 Å². The van der Waals surface area contributed by atoms with Crippen molar-refractivity contribution in [2.75, 3.05) is 13.1 Å². The van der Waals surface area contributed by atoms with Crippen molar-refractivity contribution in [3.05, 3.63) is 81.7 Å². The second-order valence-corrected chi connectivity index (χ2v) is 8.42. The number of hydrogen-bond acceptors (Lipinski definition) is 6. The molecule has 3 atom stereocenters. The SMILES string of the molecule is C[C@H](Oc1ccc(C#N)cn1)C1CN(C(=O)c2ccnnc2)C[C@@H]1c1ccc(Cl)c(Cl)c1. The van der Waals surface area contributed by atoms with Crippen LogP contribution in [0.4, 0.5) is 0 Å². The largest absolute Gasteiger partial charge is 0.474 e. The van der Waals surface area contributed by atoms with Crippen LogP contribution in [0.5, 0.6) is 5.88 Å². The summed E-state index contributed by atoms with van der Waals surface area (Å²) in [5.74, 6) is 0.268. The summed E-state index contributed by atoms with van der Waals surface area (Å²) in [6.45, 7) is 2.94. The summed E-state index contributed by atoms with van der Waals surface area (Å²) in [5.41, 5.74) is 1.92. The first-order chi connectivity index (χ1) is 15.5. The molecule has 1 saturated heterocycles. The van der Waals surface area contributed by atoms with Crippen LogP contribution in [0, 0.1) is 17.2 Å². The maximum atomic E-state index is 13.1. The van der Waals surface area contributed by atoms with Crippen LogP contribution in [0.2, 0.25) is 10.0 Å². The van der Waals surface area contributed by atoms with E-state index < -0.39 is 0 Å². The lowest BCUT2D eigenvalue weighted by Gasteiger charge is -2.25. The predicted molar refractivity (Wildman–Crippen MR) is 120 cm³/mol. The van der Waals surface area contributed by atoms with Gasteiger partial charge in [0.05, 0.1) is 33.6 Å². The van der Waals surface area contributed by atoms with Crippen molar-refractivity contribution in [1.82, 2.24) is 20.1 Å². The number of carbonyl (C=O) groups excluding carboxylic acids is 1. The number of hydrogen-bond donors (Lipinski definition) is 0. The summed E-state index contributed by atoms with van der Waals surface area (Å²) >= 11 is 12.4. The normalized spacial score (nSPS) is 18.8. The second kappa shape index (κ2) is 9.51. The van der Waals surface area contributed by atoms with Crippen LogP contribution in [-0.4, -0.2) is 45.2 Å². The molecule has 162 valence electrons. The van der Waals surface area contributed by atoms with Crippen molar-refractivity contribution < 1.29 is 9.53 Å². The Morgan fingerprint density at radius 2 is 2.00 bits per heavy atom. The summed E-state index contributed by atoms with van der Waals surface area (Å²) in [7, 11) is 0. The molecule has 1 aliphatic heterocycles. The number of nitrogens with zero attached hydrogens (tertiary/aromatic N) is 5. The van der Waals surface area contributed by atoms with Crippen LogP contribution in [0.3, 0.4) is 0 Å². The quantitative estimate of drug-likeness (QED) is 0.552. The van der Waals surface area contributed by atoms with Gasteiger partial charge in [0.1, 0.15) is 12.2 Å². The molecule has 0 spiro atoms. The average molecular weight is 468 g/mol. The van der Waals surface area contributed by atoms with Crippen LogP contribution in [0.25, 0.3) is 0 Å². The Hall–Kier alpha value is -3.21. The lowest BCUT2D eigenvalue weighted by molar-refractivity contribution is 0.0769. The first kappa shape index (κ1) is 22.0. The fraction of sp³-hybridized carbons (Fsp3) is 0.261. The van der Waals surface area contributed by atoms with Gasteiger partial charge < -0.3 is 9.64 Å². The molecule has 3 heterocycles. The molecule has 4 rings (SSSR count). The average Bonchev–Trinajstić information content (AvgIpc) is 3.27. The number of rotatable bonds is 5. The first-order valence-electron chi connectivity index (χ1n) is 10.00. The Kier molecular flexibility index (Phi) is 6.54. The van der Waals surface area contributed by atoms with E-state index in [4.69, 9.17) is 33.2 Å². The number of likely N-dealkylation sites (tertiary alicyclic amines) is 1. The second-order valence-electron chi connectivity index (χ2n) is 7.61. The number of amides is 1. The van der Waals surface area contributed by atoms with Gasteiger partial charge in [-0.15, -0.1) is 0 Å². The summed E-state index contributed by atoms with van der Waals surface area (Å²) in [4.78, 5) is 19.1. The Bertz CT molecular complexity index is 1150. The van der Waals surface area contributed by atoms with E-state index in [1.54, 1.807) is 29.2 Å². The van der Waals surface area contributed by atoms with E-state index in [-0.39, 0.29) is 23.8 Å². The van der Waals surface area contributed by atoms with Crippen molar-refractivity contribution in [1.29, 1.82) is 5.26 Å². The number of aromatic nitrogens is 3. The van der Waals surface area contributed by atoms with E-state index in [1.165, 1.54) is 18.6 Å². The zero-order chi connectivity index (χ0) is 22.7. The van der Waals surface area contributed by atoms with Crippen molar-refractivity contribution in [2.24, 2.45) is 5.92 Å². The van der Waals surface area contributed by atoms with E-state index >= 15 is 0 Å². The number of ether oxygens (including phenoxy) is 1. The topological polar surface area (TPSA) is 92.0 Å². The van der Waals surface area contributed by atoms with Crippen LogP contribution >= 0.6 is 23.2 Å². The predicted octanol–water partition coefficient (Wildman–Crippen LogP) is 4.37. The highest BCUT2D eigenvalue weighted by molar-refractivity contribution is 6.42. The Balaban J connectivity index is 1.60. The first-order valence-corrected chi connectivity index (χ1v) is 10.8. The van der Waals surface area contributed by atoms with Gasteiger partial charge >= 0.3 is 0 Å². The molecular formula is C23H19Cl2N5O2. The zero-order valence-corrected chi connectivity index (χ0v) is 18.7. The third-order valence-corrected chi connectivity index (χ3v) is 6.37. The summed E-state index contributed by atoms with van der Waals surface area (Å²) in [5, 5.41) is 17.5. The fourth-order valence-electron chi connectivity index (χ4n) is 3.96. The number of nitriles is 1.